The Kier molecular flexibility index (Phi) is 4.38. The third-order valence-corrected chi connectivity index (χ3v) is 4.96. The van der Waals surface area contributed by atoms with Crippen molar-refractivity contribution < 1.29 is 9.13 Å². The molecule has 0 aliphatic carbocycles. The molecule has 3 aromatic carbocycles. The van der Waals surface area contributed by atoms with Gasteiger partial charge in [0.2, 0.25) is 0 Å². The van der Waals surface area contributed by atoms with E-state index in [0.717, 1.165) is 27.6 Å². The van der Waals surface area contributed by atoms with Crippen LogP contribution in [0.5, 0.6) is 5.75 Å². The van der Waals surface area contributed by atoms with Crippen molar-refractivity contribution >= 4 is 10.8 Å². The van der Waals surface area contributed by atoms with Crippen LogP contribution >= 0.6 is 0 Å². The second-order valence-electron chi connectivity index (χ2n) is 7.46. The van der Waals surface area contributed by atoms with Crippen LogP contribution in [-0.4, -0.2) is 14.8 Å². The predicted octanol–water partition coefficient (Wildman–Crippen LogP) is 5.40. The molecule has 1 aromatic heterocycles. The highest BCUT2D eigenvalue weighted by Crippen LogP contribution is 2.33. The lowest BCUT2D eigenvalue weighted by Crippen LogP contribution is -2.29. The number of nitrogens with zero attached hydrogens (tertiary/aromatic N) is 3. The van der Waals surface area contributed by atoms with Gasteiger partial charge in [0.1, 0.15) is 11.6 Å². The molecular formula is C23H22FN3O. The van der Waals surface area contributed by atoms with Crippen molar-refractivity contribution in [3.05, 3.63) is 77.9 Å². The summed E-state index contributed by atoms with van der Waals surface area (Å²) in [7, 11) is 1.90. The van der Waals surface area contributed by atoms with Crippen molar-refractivity contribution in [1.82, 2.24) is 14.8 Å². The molecule has 0 unspecified atom stereocenters. The maximum Gasteiger partial charge on any atom is 0.176 e. The highest BCUT2D eigenvalue weighted by molar-refractivity contribution is 5.88. The predicted molar refractivity (Wildman–Crippen MR) is 109 cm³/mol. The number of benzene rings is 3. The average Bonchev–Trinajstić information content (AvgIpc) is 3.04. The topological polar surface area (TPSA) is 39.9 Å². The number of hydrogen-bond donors (Lipinski definition) is 0. The average molecular weight is 375 g/mol. The van der Waals surface area contributed by atoms with Crippen LogP contribution in [0.3, 0.4) is 0 Å². The van der Waals surface area contributed by atoms with Crippen molar-refractivity contribution in [2.24, 2.45) is 7.05 Å². The molecule has 0 fully saturated rings. The van der Waals surface area contributed by atoms with E-state index in [-0.39, 0.29) is 5.82 Å². The minimum atomic E-state index is -0.710. The molecule has 28 heavy (non-hydrogen) atoms. The monoisotopic (exact) mass is 375 g/mol. The second-order valence-corrected chi connectivity index (χ2v) is 7.46. The number of aryl methyl sites for hydroxylation is 1. The van der Waals surface area contributed by atoms with Gasteiger partial charge in [0.05, 0.1) is 0 Å². The van der Waals surface area contributed by atoms with E-state index in [1.165, 1.54) is 12.1 Å². The fraction of sp³-hybridized carbons (Fsp3) is 0.217. The fourth-order valence-corrected chi connectivity index (χ4v) is 3.57. The molecule has 0 bridgehead atoms. The normalized spacial score (nSPS) is 11.8. The highest BCUT2D eigenvalue weighted by Gasteiger charge is 2.30. The molecule has 0 radical (unpaired) electrons. The quantitative estimate of drug-likeness (QED) is 0.480. The molecule has 0 aliphatic rings. The van der Waals surface area contributed by atoms with Gasteiger partial charge in [0, 0.05) is 18.0 Å². The zero-order chi connectivity index (χ0) is 19.9. The smallest absolute Gasteiger partial charge is 0.176 e. The van der Waals surface area contributed by atoms with E-state index in [4.69, 9.17) is 4.74 Å². The molecular weight excluding hydrogens is 353 g/mol. The molecule has 142 valence electrons. The number of ether oxygens (including phenoxy) is 1. The van der Waals surface area contributed by atoms with Gasteiger partial charge >= 0.3 is 0 Å². The first-order valence-electron chi connectivity index (χ1n) is 9.20. The van der Waals surface area contributed by atoms with Gasteiger partial charge in [-0.2, -0.15) is 0 Å². The fourth-order valence-electron chi connectivity index (χ4n) is 3.57. The summed E-state index contributed by atoms with van der Waals surface area (Å²) in [6.45, 7) is 5.81. The highest BCUT2D eigenvalue weighted by atomic mass is 19.1. The minimum Gasteiger partial charge on any atom is -0.479 e. The Morgan fingerprint density at radius 2 is 1.71 bits per heavy atom. The second kappa shape index (κ2) is 6.75. The van der Waals surface area contributed by atoms with Gasteiger partial charge in [-0.25, -0.2) is 4.39 Å². The Morgan fingerprint density at radius 1 is 0.964 bits per heavy atom. The third kappa shape index (κ3) is 3.13. The van der Waals surface area contributed by atoms with Crippen LogP contribution < -0.4 is 4.74 Å². The van der Waals surface area contributed by atoms with Gasteiger partial charge in [0.15, 0.2) is 17.2 Å². The summed E-state index contributed by atoms with van der Waals surface area (Å²) in [5.41, 5.74) is 0.955. The molecule has 5 heteroatoms. The maximum absolute atomic E-state index is 13.5. The number of aromatic nitrogens is 3. The minimum absolute atomic E-state index is 0.261. The molecule has 0 aliphatic heterocycles. The van der Waals surface area contributed by atoms with Crippen LogP contribution in [0.4, 0.5) is 4.39 Å². The van der Waals surface area contributed by atoms with Crippen molar-refractivity contribution in [3.63, 3.8) is 0 Å². The van der Waals surface area contributed by atoms with Gasteiger partial charge in [-0.1, -0.05) is 36.4 Å². The number of fused-ring (bicyclic) bond motifs is 1. The summed E-state index contributed by atoms with van der Waals surface area (Å²) >= 11 is 0. The van der Waals surface area contributed by atoms with E-state index < -0.39 is 5.60 Å². The lowest BCUT2D eigenvalue weighted by Gasteiger charge is -2.26. The van der Waals surface area contributed by atoms with Crippen LogP contribution in [0.25, 0.3) is 22.2 Å². The number of halogens is 1. The van der Waals surface area contributed by atoms with Gasteiger partial charge < -0.3 is 9.30 Å². The van der Waals surface area contributed by atoms with E-state index in [9.17, 15) is 4.39 Å². The Labute approximate surface area is 163 Å². The van der Waals surface area contributed by atoms with Crippen molar-refractivity contribution in [3.8, 4) is 17.1 Å². The molecule has 0 atom stereocenters. The Balaban J connectivity index is 1.73. The van der Waals surface area contributed by atoms with Crippen LogP contribution in [0.2, 0.25) is 0 Å². The summed E-state index contributed by atoms with van der Waals surface area (Å²) in [4.78, 5) is 0. The van der Waals surface area contributed by atoms with Gasteiger partial charge in [0.25, 0.3) is 0 Å². The van der Waals surface area contributed by atoms with Crippen LogP contribution in [-0.2, 0) is 12.6 Å². The molecule has 4 aromatic rings. The molecule has 4 rings (SSSR count). The lowest BCUT2D eigenvalue weighted by atomic mass is 10.1. The summed E-state index contributed by atoms with van der Waals surface area (Å²) in [6, 6.07) is 18.8. The Morgan fingerprint density at radius 3 is 2.50 bits per heavy atom. The van der Waals surface area contributed by atoms with Crippen LogP contribution in [0.15, 0.2) is 60.7 Å². The number of hydrogen-bond acceptors (Lipinski definition) is 3. The van der Waals surface area contributed by atoms with E-state index in [2.05, 4.69) is 22.3 Å². The van der Waals surface area contributed by atoms with Crippen molar-refractivity contribution in [2.75, 3.05) is 0 Å². The Bertz CT molecular complexity index is 1160. The van der Waals surface area contributed by atoms with E-state index in [1.807, 2.05) is 62.7 Å². The zero-order valence-electron chi connectivity index (χ0n) is 16.4. The third-order valence-electron chi connectivity index (χ3n) is 4.96. The number of rotatable bonds is 4. The van der Waals surface area contributed by atoms with Crippen LogP contribution in [0.1, 0.15) is 25.2 Å². The molecule has 0 N–H and O–H groups in total. The summed E-state index contributed by atoms with van der Waals surface area (Å²) in [5.74, 6) is 1.91. The van der Waals surface area contributed by atoms with E-state index in [1.54, 1.807) is 6.07 Å². The van der Waals surface area contributed by atoms with Gasteiger partial charge in [-0.3, -0.25) is 0 Å². The van der Waals surface area contributed by atoms with Crippen LogP contribution in [0, 0.1) is 12.7 Å². The van der Waals surface area contributed by atoms with E-state index >= 15 is 0 Å². The molecule has 4 nitrogen and oxygen atoms in total. The van der Waals surface area contributed by atoms with E-state index in [0.29, 0.717) is 11.6 Å². The molecule has 0 amide bonds. The molecule has 0 saturated heterocycles. The van der Waals surface area contributed by atoms with Gasteiger partial charge in [-0.05, 0) is 56.0 Å². The SMILES string of the molecule is Cc1cc(F)ccc1-c1nnc(C(C)(C)Oc2cccc3ccccc23)n1C. The first kappa shape index (κ1) is 18.2. The largest absolute Gasteiger partial charge is 0.479 e. The van der Waals surface area contributed by atoms with Crippen molar-refractivity contribution in [2.45, 2.75) is 26.4 Å². The summed E-state index contributed by atoms with van der Waals surface area (Å²) in [5, 5.41) is 10.9. The molecule has 0 spiro atoms. The standard InChI is InChI=1S/C23H22FN3O/c1-15-14-17(24)12-13-18(15)21-25-26-22(27(21)4)23(2,3)28-20-11-7-9-16-8-5-6-10-19(16)20/h5-14H,1-4H3. The first-order valence-corrected chi connectivity index (χ1v) is 9.20. The van der Waals surface area contributed by atoms with Gasteiger partial charge in [-0.15, -0.1) is 10.2 Å². The first-order chi connectivity index (χ1) is 13.4. The zero-order valence-corrected chi connectivity index (χ0v) is 16.4. The Hall–Kier alpha value is -3.21. The maximum atomic E-state index is 13.5. The van der Waals surface area contributed by atoms with Crippen molar-refractivity contribution in [1.29, 1.82) is 0 Å². The summed E-state index contributed by atoms with van der Waals surface area (Å²) in [6.07, 6.45) is 0. The lowest BCUT2D eigenvalue weighted by molar-refractivity contribution is 0.0970. The summed E-state index contributed by atoms with van der Waals surface area (Å²) < 4.78 is 21.8. The molecule has 0 saturated carbocycles. The molecule has 1 heterocycles.